The van der Waals surface area contributed by atoms with Crippen molar-refractivity contribution in [3.63, 3.8) is 0 Å². The highest BCUT2D eigenvalue weighted by molar-refractivity contribution is 5.71. The summed E-state index contributed by atoms with van der Waals surface area (Å²) < 4.78 is 7.09. The lowest BCUT2D eigenvalue weighted by Gasteiger charge is -2.37. The van der Waals surface area contributed by atoms with Gasteiger partial charge in [0.05, 0.1) is 18.4 Å². The Morgan fingerprint density at radius 3 is 2.79 bits per heavy atom. The van der Waals surface area contributed by atoms with Crippen molar-refractivity contribution < 1.29 is 19.4 Å². The Morgan fingerprint density at radius 1 is 1.41 bits per heavy atom. The van der Waals surface area contributed by atoms with E-state index in [0.717, 1.165) is 0 Å². The number of aromatic amines is 1. The average molecular weight is 406 g/mol. The van der Waals surface area contributed by atoms with Gasteiger partial charge in [-0.05, 0) is 46.0 Å². The van der Waals surface area contributed by atoms with E-state index in [1.807, 2.05) is 0 Å². The van der Waals surface area contributed by atoms with Crippen LogP contribution in [0.15, 0.2) is 11.1 Å². The zero-order valence-electron chi connectivity index (χ0n) is 16.6. The van der Waals surface area contributed by atoms with Crippen LogP contribution in [0.1, 0.15) is 52.5 Å². The molecule has 1 aliphatic rings. The molecule has 11 heteroatoms. The molecule has 0 aliphatic heterocycles. The van der Waals surface area contributed by atoms with Crippen molar-refractivity contribution in [3.8, 4) is 0 Å². The summed E-state index contributed by atoms with van der Waals surface area (Å²) in [6.45, 7) is 5.29. The second-order valence-electron chi connectivity index (χ2n) is 8.37. The lowest BCUT2D eigenvalue weighted by molar-refractivity contribution is -0.138. The fraction of sp³-hybridized carbons (Fsp3) is 0.611. The molecular formula is C18H26N6O5. The number of ether oxygens (including phenoxy) is 1. The number of aliphatic carboxylic acids is 1. The second-order valence-corrected chi connectivity index (χ2v) is 8.37. The number of fused-ring (bicyclic) bond motifs is 1. The number of hydrogen-bond donors (Lipinski definition) is 4. The fourth-order valence-electron chi connectivity index (χ4n) is 3.81. The van der Waals surface area contributed by atoms with Crippen molar-refractivity contribution >= 4 is 29.2 Å². The molecule has 11 nitrogen and oxygen atoms in total. The van der Waals surface area contributed by atoms with E-state index in [1.165, 1.54) is 6.33 Å². The number of alkyl carbamates (subject to hydrolysis) is 1. The van der Waals surface area contributed by atoms with Gasteiger partial charge in [-0.3, -0.25) is 14.6 Å². The van der Waals surface area contributed by atoms with Gasteiger partial charge in [0.1, 0.15) is 5.60 Å². The highest BCUT2D eigenvalue weighted by atomic mass is 16.6. The van der Waals surface area contributed by atoms with Gasteiger partial charge in [0.2, 0.25) is 5.95 Å². The number of hydrogen-bond acceptors (Lipinski definition) is 7. The van der Waals surface area contributed by atoms with Crippen LogP contribution in [0.4, 0.5) is 10.7 Å². The highest BCUT2D eigenvalue weighted by Gasteiger charge is 2.35. The van der Waals surface area contributed by atoms with Gasteiger partial charge < -0.3 is 25.5 Å². The van der Waals surface area contributed by atoms with Crippen LogP contribution >= 0.6 is 0 Å². The number of nitrogens with two attached hydrogens (primary N) is 1. The van der Waals surface area contributed by atoms with Crippen molar-refractivity contribution in [1.82, 2.24) is 24.8 Å². The van der Waals surface area contributed by atoms with Crippen molar-refractivity contribution in [2.24, 2.45) is 5.92 Å². The molecule has 2 heterocycles. The van der Waals surface area contributed by atoms with E-state index < -0.39 is 29.3 Å². The van der Waals surface area contributed by atoms with Gasteiger partial charge in [-0.25, -0.2) is 9.78 Å². The predicted molar refractivity (Wildman–Crippen MR) is 104 cm³/mol. The van der Waals surface area contributed by atoms with Crippen LogP contribution in [0.5, 0.6) is 0 Å². The first-order valence-corrected chi connectivity index (χ1v) is 9.47. The van der Waals surface area contributed by atoms with Gasteiger partial charge in [-0.1, -0.05) is 0 Å². The Hall–Kier alpha value is -3.11. The number of anilines is 1. The normalized spacial score (nSPS) is 22.4. The van der Waals surface area contributed by atoms with Gasteiger partial charge in [0.25, 0.3) is 5.56 Å². The number of carbonyl (C=O) groups excluding carboxylic acids is 1. The molecule has 2 aromatic rings. The van der Waals surface area contributed by atoms with E-state index in [9.17, 15) is 14.4 Å². The highest BCUT2D eigenvalue weighted by Crippen LogP contribution is 2.35. The maximum absolute atomic E-state index is 12.4. The molecule has 2 aromatic heterocycles. The topological polar surface area (TPSA) is 165 Å². The molecule has 0 aromatic carbocycles. The first-order valence-electron chi connectivity index (χ1n) is 9.47. The molecule has 3 rings (SSSR count). The Balaban J connectivity index is 1.91. The van der Waals surface area contributed by atoms with E-state index in [1.54, 1.807) is 25.3 Å². The molecule has 158 valence electrons. The number of aromatic nitrogens is 4. The van der Waals surface area contributed by atoms with Gasteiger partial charge in [0, 0.05) is 6.42 Å². The molecule has 0 bridgehead atoms. The van der Waals surface area contributed by atoms with E-state index in [2.05, 4.69) is 20.3 Å². The maximum Gasteiger partial charge on any atom is 0.407 e. The third-order valence-electron chi connectivity index (χ3n) is 4.90. The van der Waals surface area contributed by atoms with Crippen molar-refractivity contribution in [1.29, 1.82) is 0 Å². The van der Waals surface area contributed by atoms with Crippen LogP contribution in [0.2, 0.25) is 0 Å². The molecule has 3 atom stereocenters. The fourth-order valence-corrected chi connectivity index (χ4v) is 3.81. The molecule has 1 amide bonds. The summed E-state index contributed by atoms with van der Waals surface area (Å²) in [7, 11) is 0. The lowest BCUT2D eigenvalue weighted by Crippen LogP contribution is -2.47. The monoisotopic (exact) mass is 406 g/mol. The number of nitrogens with zero attached hydrogens (tertiary/aromatic N) is 3. The number of carboxylic acids is 1. The summed E-state index contributed by atoms with van der Waals surface area (Å²) in [6.07, 6.45) is 2.63. The minimum atomic E-state index is -0.876. The summed E-state index contributed by atoms with van der Waals surface area (Å²) >= 11 is 0. The quantitative estimate of drug-likeness (QED) is 0.591. The number of carbonyl (C=O) groups is 2. The summed E-state index contributed by atoms with van der Waals surface area (Å²) in [4.78, 5) is 46.4. The van der Waals surface area contributed by atoms with E-state index in [4.69, 9.17) is 15.6 Å². The van der Waals surface area contributed by atoms with Gasteiger partial charge in [-0.2, -0.15) is 4.98 Å². The molecule has 0 saturated heterocycles. The molecule has 0 spiro atoms. The molecule has 29 heavy (non-hydrogen) atoms. The van der Waals surface area contributed by atoms with Crippen LogP contribution < -0.4 is 16.6 Å². The number of H-pyrrole nitrogens is 1. The zero-order chi connectivity index (χ0) is 21.3. The molecule has 0 radical (unpaired) electrons. The lowest BCUT2D eigenvalue weighted by atomic mass is 9.80. The Morgan fingerprint density at radius 2 is 2.14 bits per heavy atom. The third kappa shape index (κ3) is 4.84. The van der Waals surface area contributed by atoms with E-state index >= 15 is 0 Å². The first kappa shape index (κ1) is 20.6. The zero-order valence-corrected chi connectivity index (χ0v) is 16.6. The Kier molecular flexibility index (Phi) is 5.49. The summed E-state index contributed by atoms with van der Waals surface area (Å²) in [6, 6.07) is -0.686. The molecule has 1 fully saturated rings. The predicted octanol–water partition coefficient (Wildman–Crippen LogP) is 1.41. The largest absolute Gasteiger partial charge is 0.481 e. The number of carboxylic acid groups (broad SMARTS) is 1. The Labute approximate surface area is 166 Å². The molecule has 0 unspecified atom stereocenters. The molecule has 1 saturated carbocycles. The van der Waals surface area contributed by atoms with Crippen molar-refractivity contribution in [2.45, 2.75) is 64.1 Å². The number of rotatable bonds is 4. The van der Waals surface area contributed by atoms with Crippen molar-refractivity contribution in [3.05, 3.63) is 16.7 Å². The number of nitrogens with one attached hydrogen (secondary N) is 2. The van der Waals surface area contributed by atoms with Gasteiger partial charge in [-0.15, -0.1) is 0 Å². The van der Waals surface area contributed by atoms with E-state index in [0.29, 0.717) is 24.9 Å². The maximum atomic E-state index is 12.4. The van der Waals surface area contributed by atoms with Crippen LogP contribution in [0.25, 0.3) is 11.2 Å². The Bertz CT molecular complexity index is 975. The third-order valence-corrected chi connectivity index (χ3v) is 4.90. The summed E-state index contributed by atoms with van der Waals surface area (Å²) in [5.74, 6) is -0.987. The SMILES string of the molecule is CC(C)(C)OC(=O)N[C@H]1C[C@H](CC(=O)O)CC[C@H]1n1cnc2c(=O)[nH]c(N)nc21. The summed E-state index contributed by atoms with van der Waals surface area (Å²) in [5, 5.41) is 12.0. The van der Waals surface area contributed by atoms with Crippen LogP contribution in [-0.4, -0.2) is 48.3 Å². The number of amides is 1. The summed E-state index contributed by atoms with van der Waals surface area (Å²) in [5.41, 5.74) is 5.05. The minimum absolute atomic E-state index is 0.0226. The molecule has 1 aliphatic carbocycles. The van der Waals surface area contributed by atoms with Gasteiger partial charge in [0.15, 0.2) is 11.2 Å². The number of nitrogen functional groups attached to an aromatic ring is 1. The van der Waals surface area contributed by atoms with Crippen molar-refractivity contribution in [2.75, 3.05) is 5.73 Å². The average Bonchev–Trinajstić information content (AvgIpc) is 2.96. The van der Waals surface area contributed by atoms with E-state index in [-0.39, 0.29) is 29.8 Å². The second kappa shape index (κ2) is 7.72. The molecule has 5 N–H and O–H groups in total. The van der Waals surface area contributed by atoms with Crippen LogP contribution in [0.3, 0.4) is 0 Å². The molecular weight excluding hydrogens is 380 g/mol. The minimum Gasteiger partial charge on any atom is -0.481 e. The number of imidazole rings is 1. The van der Waals surface area contributed by atoms with Crippen LogP contribution in [-0.2, 0) is 9.53 Å². The first-order chi connectivity index (χ1) is 13.5. The van der Waals surface area contributed by atoms with Crippen LogP contribution in [0, 0.1) is 5.92 Å². The smallest absolute Gasteiger partial charge is 0.407 e. The van der Waals surface area contributed by atoms with Gasteiger partial charge >= 0.3 is 12.1 Å². The standard InChI is InChI=1S/C18H26N6O5/c1-18(2,3)29-17(28)21-10-6-9(7-12(25)26)4-5-11(10)24-8-20-13-14(24)22-16(19)23-15(13)27/h8-11H,4-7H2,1-3H3,(H,21,28)(H,25,26)(H3,19,22,23,27)/t9-,10+,11-/m1/s1.